The van der Waals surface area contributed by atoms with E-state index in [0.29, 0.717) is 12.8 Å². The fourth-order valence-electron chi connectivity index (χ4n) is 5.81. The number of aromatic nitrogens is 1. The van der Waals surface area contributed by atoms with E-state index in [-0.39, 0.29) is 12.4 Å². The minimum absolute atomic E-state index is 0. The largest absolute Gasteiger partial charge is 0.481 e. The summed E-state index contributed by atoms with van der Waals surface area (Å²) in [7, 11) is 0. The molecule has 1 saturated heterocycles. The molecule has 4 nitrogen and oxygen atoms in total. The van der Waals surface area contributed by atoms with Crippen LogP contribution in [0, 0.1) is 0 Å². The Morgan fingerprint density at radius 2 is 1.30 bits per heavy atom. The van der Waals surface area contributed by atoms with Crippen molar-refractivity contribution in [2.24, 2.45) is 0 Å². The van der Waals surface area contributed by atoms with Gasteiger partial charge in [-0.1, -0.05) is 97.1 Å². The summed E-state index contributed by atoms with van der Waals surface area (Å²) in [5.74, 6) is -0.718. The zero-order chi connectivity index (χ0) is 24.8. The molecule has 0 aliphatic carbocycles. The van der Waals surface area contributed by atoms with Gasteiger partial charge in [-0.2, -0.15) is 0 Å². The normalized spacial score (nSPS) is 15.5. The highest BCUT2D eigenvalue weighted by Gasteiger charge is 2.44. The minimum Gasteiger partial charge on any atom is -0.481 e. The molecule has 1 aromatic heterocycles. The molecule has 1 aliphatic rings. The molecular weight excluding hydrogens is 480 g/mol. The van der Waals surface area contributed by atoms with Crippen molar-refractivity contribution in [3.63, 3.8) is 0 Å². The Labute approximate surface area is 225 Å². The summed E-state index contributed by atoms with van der Waals surface area (Å²) < 4.78 is 0. The van der Waals surface area contributed by atoms with E-state index in [1.54, 1.807) is 0 Å². The number of rotatable bonds is 8. The van der Waals surface area contributed by atoms with Crippen molar-refractivity contribution in [3.8, 4) is 0 Å². The number of carbonyl (C=O) groups is 1. The van der Waals surface area contributed by atoms with Crippen molar-refractivity contribution in [1.29, 1.82) is 0 Å². The van der Waals surface area contributed by atoms with Gasteiger partial charge in [0.25, 0.3) is 0 Å². The van der Waals surface area contributed by atoms with Crippen molar-refractivity contribution in [1.82, 2.24) is 9.88 Å². The van der Waals surface area contributed by atoms with Crippen LogP contribution in [-0.4, -0.2) is 40.6 Å². The second kappa shape index (κ2) is 11.7. The molecule has 0 bridgehead atoms. The monoisotopic (exact) mass is 512 g/mol. The molecule has 0 amide bonds. The first kappa shape index (κ1) is 26.6. The summed E-state index contributed by atoms with van der Waals surface area (Å²) in [6, 6.07) is 37.2. The third kappa shape index (κ3) is 5.18. The number of hydrogen-bond donors (Lipinski definition) is 1. The lowest BCUT2D eigenvalue weighted by molar-refractivity contribution is -0.146. The fraction of sp³-hybridized carbons (Fsp3) is 0.250. The van der Waals surface area contributed by atoms with E-state index in [0.717, 1.165) is 37.3 Å². The molecule has 0 saturated carbocycles. The van der Waals surface area contributed by atoms with Crippen LogP contribution in [0.5, 0.6) is 0 Å². The first-order valence-corrected chi connectivity index (χ1v) is 12.7. The Hall–Kier alpha value is -3.47. The quantitative estimate of drug-likeness (QED) is 0.299. The number of pyridine rings is 1. The van der Waals surface area contributed by atoms with Crippen molar-refractivity contribution >= 4 is 18.4 Å². The van der Waals surface area contributed by atoms with Crippen LogP contribution in [0.25, 0.3) is 0 Å². The highest BCUT2D eigenvalue weighted by atomic mass is 35.5. The topological polar surface area (TPSA) is 53.4 Å². The van der Waals surface area contributed by atoms with Gasteiger partial charge in [0.1, 0.15) is 0 Å². The Bertz CT molecular complexity index is 1160. The predicted octanol–water partition coefficient (Wildman–Crippen LogP) is 6.35. The van der Waals surface area contributed by atoms with E-state index < -0.39 is 16.8 Å². The van der Waals surface area contributed by atoms with Crippen LogP contribution >= 0.6 is 12.4 Å². The van der Waals surface area contributed by atoms with Crippen LogP contribution in [-0.2, 0) is 15.6 Å². The molecule has 0 spiro atoms. The molecule has 0 atom stereocenters. The minimum atomic E-state index is -0.811. The van der Waals surface area contributed by atoms with Crippen molar-refractivity contribution in [2.75, 3.05) is 19.6 Å². The summed E-state index contributed by atoms with van der Waals surface area (Å²) >= 11 is 0. The molecule has 5 rings (SSSR count). The van der Waals surface area contributed by atoms with Gasteiger partial charge in [0.15, 0.2) is 0 Å². The number of likely N-dealkylation sites (tertiary alicyclic amines) is 1. The van der Waals surface area contributed by atoms with E-state index in [1.807, 2.05) is 42.6 Å². The molecular formula is C32H33ClN2O2. The zero-order valence-corrected chi connectivity index (χ0v) is 21.7. The van der Waals surface area contributed by atoms with E-state index in [1.165, 1.54) is 11.1 Å². The highest BCUT2D eigenvalue weighted by Crippen LogP contribution is 2.42. The van der Waals surface area contributed by atoms with E-state index in [2.05, 4.69) is 77.7 Å². The fourth-order valence-corrected chi connectivity index (χ4v) is 5.81. The summed E-state index contributed by atoms with van der Waals surface area (Å²) in [5.41, 5.74) is 3.17. The first-order valence-electron chi connectivity index (χ1n) is 12.7. The molecule has 190 valence electrons. The molecule has 4 aromatic rings. The first-order chi connectivity index (χ1) is 17.6. The van der Waals surface area contributed by atoms with Crippen LogP contribution in [0.2, 0.25) is 0 Å². The van der Waals surface area contributed by atoms with Gasteiger partial charge in [0, 0.05) is 6.20 Å². The van der Waals surface area contributed by atoms with E-state index in [9.17, 15) is 9.90 Å². The average molecular weight is 513 g/mol. The number of hydrogen-bond acceptors (Lipinski definition) is 3. The molecule has 0 radical (unpaired) electrons. The van der Waals surface area contributed by atoms with Crippen LogP contribution in [0.3, 0.4) is 0 Å². The van der Waals surface area contributed by atoms with Crippen LogP contribution in [0.4, 0.5) is 0 Å². The number of aliphatic carboxylic acids is 1. The molecule has 1 fully saturated rings. The summed E-state index contributed by atoms with van der Waals surface area (Å²) in [6.45, 7) is 2.36. The molecule has 37 heavy (non-hydrogen) atoms. The van der Waals surface area contributed by atoms with E-state index in [4.69, 9.17) is 4.98 Å². The van der Waals surface area contributed by atoms with E-state index >= 15 is 0 Å². The van der Waals surface area contributed by atoms with Gasteiger partial charge in [-0.3, -0.25) is 9.78 Å². The molecule has 3 aromatic carbocycles. The second-order valence-electron chi connectivity index (χ2n) is 9.70. The molecule has 5 heteroatoms. The number of piperidine rings is 1. The maximum atomic E-state index is 12.4. The Balaban J connectivity index is 0.00000320. The zero-order valence-electron chi connectivity index (χ0n) is 20.9. The van der Waals surface area contributed by atoms with Crippen molar-refractivity contribution < 1.29 is 9.90 Å². The van der Waals surface area contributed by atoms with Crippen molar-refractivity contribution in [2.45, 2.75) is 30.1 Å². The lowest BCUT2D eigenvalue weighted by Gasteiger charge is -2.41. The Morgan fingerprint density at radius 1 is 0.784 bits per heavy atom. The Morgan fingerprint density at radius 3 is 1.78 bits per heavy atom. The van der Waals surface area contributed by atoms with Gasteiger partial charge < -0.3 is 10.0 Å². The van der Waals surface area contributed by atoms with Gasteiger partial charge in [-0.15, -0.1) is 12.4 Å². The predicted molar refractivity (Wildman–Crippen MR) is 150 cm³/mol. The number of carboxylic acid groups (broad SMARTS) is 1. The summed E-state index contributed by atoms with van der Waals surface area (Å²) in [5, 5.41) is 10.2. The molecule has 0 unspecified atom stereocenters. The van der Waals surface area contributed by atoms with Gasteiger partial charge in [0.2, 0.25) is 0 Å². The number of carboxylic acids is 1. The lowest BCUT2D eigenvalue weighted by atomic mass is 9.69. The Kier molecular flexibility index (Phi) is 8.42. The molecule has 1 N–H and O–H groups in total. The maximum absolute atomic E-state index is 12.4. The SMILES string of the molecule is Cl.O=C(O)C1(c2ccccc2)CCN(CCC(c2ccccc2)(c2ccccc2)c2ccccn2)CC1. The maximum Gasteiger partial charge on any atom is 0.314 e. The third-order valence-electron chi connectivity index (χ3n) is 7.88. The number of benzene rings is 3. The highest BCUT2D eigenvalue weighted by molar-refractivity contribution is 5.85. The third-order valence-corrected chi connectivity index (χ3v) is 7.88. The van der Waals surface area contributed by atoms with Crippen LogP contribution < -0.4 is 0 Å². The lowest BCUT2D eigenvalue weighted by Crippen LogP contribution is -2.48. The van der Waals surface area contributed by atoms with Gasteiger partial charge >= 0.3 is 5.97 Å². The van der Waals surface area contributed by atoms with Crippen LogP contribution in [0.1, 0.15) is 41.6 Å². The molecule has 2 heterocycles. The second-order valence-corrected chi connectivity index (χ2v) is 9.70. The van der Waals surface area contributed by atoms with Crippen molar-refractivity contribution in [3.05, 3.63) is 138 Å². The smallest absolute Gasteiger partial charge is 0.314 e. The summed E-state index contributed by atoms with van der Waals surface area (Å²) in [6.07, 6.45) is 3.95. The molecule has 1 aliphatic heterocycles. The average Bonchev–Trinajstić information content (AvgIpc) is 2.96. The van der Waals surface area contributed by atoms with Gasteiger partial charge in [-0.05, 0) is 67.7 Å². The number of halogens is 1. The van der Waals surface area contributed by atoms with Gasteiger partial charge in [0.05, 0.1) is 16.5 Å². The standard InChI is InChI=1S/C32H32N2O2.ClH/c35-30(36)31(26-12-4-1-5-13-26)19-23-34(24-20-31)25-21-32(27-14-6-2-7-15-27,28-16-8-3-9-17-28)29-18-10-11-22-33-29;/h1-18,22H,19-21,23-25H2,(H,35,36);1H. The number of nitrogens with zero attached hydrogens (tertiary/aromatic N) is 2. The van der Waals surface area contributed by atoms with Gasteiger partial charge in [-0.25, -0.2) is 0 Å². The van der Waals surface area contributed by atoms with Crippen LogP contribution in [0.15, 0.2) is 115 Å². The summed E-state index contributed by atoms with van der Waals surface area (Å²) in [4.78, 5) is 19.7.